The minimum Gasteiger partial charge on any atom is -0.496 e. The van der Waals surface area contributed by atoms with Crippen LogP contribution in [-0.2, 0) is 11.8 Å². The lowest BCUT2D eigenvalue weighted by atomic mass is 9.85. The number of amides is 2. The van der Waals surface area contributed by atoms with Crippen molar-refractivity contribution in [3.63, 3.8) is 0 Å². The van der Waals surface area contributed by atoms with Gasteiger partial charge in [-0.3, -0.25) is 14.6 Å². The monoisotopic (exact) mass is 351 g/mol. The van der Waals surface area contributed by atoms with Crippen molar-refractivity contribution in [2.75, 3.05) is 20.7 Å². The molecule has 1 aromatic carbocycles. The van der Waals surface area contributed by atoms with Gasteiger partial charge in [0.05, 0.1) is 7.11 Å². The normalized spacial score (nSPS) is 16.6. The molecule has 1 saturated carbocycles. The van der Waals surface area contributed by atoms with Gasteiger partial charge in [-0.15, -0.1) is 0 Å². The number of methoxy groups -OCH3 is 1. The third kappa shape index (κ3) is 2.71. The molecule has 6 heteroatoms. The second-order valence-corrected chi connectivity index (χ2v) is 6.98. The van der Waals surface area contributed by atoms with Crippen LogP contribution in [0.25, 0.3) is 0 Å². The highest BCUT2D eigenvalue weighted by atomic mass is 16.5. The molecule has 0 unspecified atom stereocenters. The Labute approximate surface area is 152 Å². The van der Waals surface area contributed by atoms with Crippen LogP contribution in [0.2, 0.25) is 0 Å². The quantitative estimate of drug-likeness (QED) is 0.880. The second kappa shape index (κ2) is 6.12. The van der Waals surface area contributed by atoms with Gasteiger partial charge in [0, 0.05) is 37.2 Å². The predicted molar refractivity (Wildman–Crippen MR) is 96.7 cm³/mol. The van der Waals surface area contributed by atoms with Crippen molar-refractivity contribution in [1.29, 1.82) is 0 Å². The number of fused-ring (bicyclic) bond motifs is 2. The summed E-state index contributed by atoms with van der Waals surface area (Å²) < 4.78 is 5.60. The summed E-state index contributed by atoms with van der Waals surface area (Å²) in [6.07, 6.45) is 4.48. The molecule has 1 aromatic heterocycles. The first-order chi connectivity index (χ1) is 12.6. The van der Waals surface area contributed by atoms with Gasteiger partial charge in [0.15, 0.2) is 0 Å². The number of nitrogens with zero attached hydrogens (tertiary/aromatic N) is 1. The highest BCUT2D eigenvalue weighted by molar-refractivity contribution is 5.98. The molecule has 2 aliphatic rings. The minimum atomic E-state index is -0.214. The third-order valence-corrected chi connectivity index (χ3v) is 5.36. The molecule has 1 aliphatic heterocycles. The maximum Gasteiger partial charge on any atom is 0.269 e. The molecule has 26 heavy (non-hydrogen) atoms. The van der Waals surface area contributed by atoms with Gasteiger partial charge in [0.2, 0.25) is 0 Å². The van der Waals surface area contributed by atoms with Crippen LogP contribution in [0.1, 0.15) is 50.4 Å². The Hall–Kier alpha value is -2.89. The van der Waals surface area contributed by atoms with Gasteiger partial charge in [0.25, 0.3) is 11.8 Å². The predicted octanol–water partition coefficient (Wildman–Crippen LogP) is 1.82. The van der Waals surface area contributed by atoms with Gasteiger partial charge < -0.3 is 15.4 Å². The largest absolute Gasteiger partial charge is 0.496 e. The molecule has 6 nitrogen and oxygen atoms in total. The van der Waals surface area contributed by atoms with Crippen molar-refractivity contribution in [1.82, 2.24) is 15.6 Å². The van der Waals surface area contributed by atoms with E-state index >= 15 is 0 Å². The Morgan fingerprint density at radius 3 is 2.77 bits per heavy atom. The standard InChI is InChI=1S/C20H21N3O3/c1-21-19(25)16-4-3-12(10-22-16)7-13-8-14-15(9-17(13)26-2)20(5-6-20)11-23-18(14)24/h3-4,8-10H,5-7,11H2,1-2H3,(H,21,25)(H,23,24). The SMILES string of the molecule is CNC(=O)c1ccc(Cc2cc3c(cc2OC)C2(CC2)CNC3=O)cn1. The van der Waals surface area contributed by atoms with Gasteiger partial charge in [0.1, 0.15) is 11.4 Å². The highest BCUT2D eigenvalue weighted by Crippen LogP contribution is 2.51. The number of hydrogen-bond donors (Lipinski definition) is 2. The number of hydrogen-bond acceptors (Lipinski definition) is 4. The molecule has 1 aliphatic carbocycles. The van der Waals surface area contributed by atoms with Crippen LogP contribution in [-0.4, -0.2) is 37.5 Å². The molecule has 2 heterocycles. The van der Waals surface area contributed by atoms with Crippen molar-refractivity contribution in [2.24, 2.45) is 0 Å². The first kappa shape index (κ1) is 16.6. The summed E-state index contributed by atoms with van der Waals surface area (Å²) in [6, 6.07) is 7.54. The minimum absolute atomic E-state index is 0.0190. The van der Waals surface area contributed by atoms with Crippen molar-refractivity contribution in [2.45, 2.75) is 24.7 Å². The number of pyridine rings is 1. The maximum absolute atomic E-state index is 12.3. The van der Waals surface area contributed by atoms with E-state index in [0.717, 1.165) is 40.8 Å². The Kier molecular flexibility index (Phi) is 3.90. The number of aromatic nitrogens is 1. The number of carbonyl (C=O) groups is 2. The van der Waals surface area contributed by atoms with Crippen molar-refractivity contribution in [3.8, 4) is 5.75 Å². The summed E-state index contributed by atoms with van der Waals surface area (Å²) in [5.41, 5.74) is 4.23. The Balaban J connectivity index is 1.67. The lowest BCUT2D eigenvalue weighted by molar-refractivity contribution is 0.0934. The molecule has 134 valence electrons. The summed E-state index contributed by atoms with van der Waals surface area (Å²) in [4.78, 5) is 28.2. The number of benzene rings is 1. The molecule has 2 aromatic rings. The van der Waals surface area contributed by atoms with Crippen LogP contribution >= 0.6 is 0 Å². The van der Waals surface area contributed by atoms with Gasteiger partial charge in [-0.1, -0.05) is 6.07 Å². The Morgan fingerprint density at radius 2 is 2.15 bits per heavy atom. The van der Waals surface area contributed by atoms with Crippen molar-refractivity contribution in [3.05, 3.63) is 58.4 Å². The van der Waals surface area contributed by atoms with Crippen LogP contribution in [0, 0.1) is 0 Å². The van der Waals surface area contributed by atoms with E-state index in [1.54, 1.807) is 26.4 Å². The zero-order chi connectivity index (χ0) is 18.3. The molecule has 0 bridgehead atoms. The van der Waals surface area contributed by atoms with Crippen molar-refractivity contribution < 1.29 is 14.3 Å². The number of rotatable bonds is 4. The number of nitrogens with one attached hydrogen (secondary N) is 2. The fourth-order valence-corrected chi connectivity index (χ4v) is 3.63. The molecule has 1 spiro atoms. The summed E-state index contributed by atoms with van der Waals surface area (Å²) in [5.74, 6) is 0.559. The molecule has 0 radical (unpaired) electrons. The first-order valence-corrected chi connectivity index (χ1v) is 8.73. The topological polar surface area (TPSA) is 80.3 Å². The fraction of sp³-hybridized carbons (Fsp3) is 0.350. The van der Waals surface area contributed by atoms with E-state index in [1.165, 1.54) is 0 Å². The van der Waals surface area contributed by atoms with Crippen LogP contribution < -0.4 is 15.4 Å². The zero-order valence-electron chi connectivity index (χ0n) is 14.9. The van der Waals surface area contributed by atoms with Crippen molar-refractivity contribution >= 4 is 11.8 Å². The fourth-order valence-electron chi connectivity index (χ4n) is 3.63. The molecule has 2 N–H and O–H groups in total. The lowest BCUT2D eigenvalue weighted by Gasteiger charge is -2.27. The maximum atomic E-state index is 12.3. The van der Waals surface area contributed by atoms with E-state index in [9.17, 15) is 9.59 Å². The van der Waals surface area contributed by atoms with E-state index in [4.69, 9.17) is 4.74 Å². The van der Waals surface area contributed by atoms with Gasteiger partial charge >= 0.3 is 0 Å². The molecule has 4 rings (SSSR count). The van der Waals surface area contributed by atoms with Gasteiger partial charge in [-0.05, 0) is 47.7 Å². The number of carbonyl (C=O) groups excluding carboxylic acids is 2. The Morgan fingerprint density at radius 1 is 1.35 bits per heavy atom. The molecule has 0 atom stereocenters. The molecule has 0 saturated heterocycles. The summed E-state index contributed by atoms with van der Waals surface area (Å²) in [5, 5.41) is 5.56. The van der Waals surface area contributed by atoms with E-state index in [0.29, 0.717) is 18.7 Å². The first-order valence-electron chi connectivity index (χ1n) is 8.73. The van der Waals surface area contributed by atoms with Gasteiger partial charge in [-0.25, -0.2) is 0 Å². The smallest absolute Gasteiger partial charge is 0.269 e. The third-order valence-electron chi connectivity index (χ3n) is 5.36. The van der Waals surface area contributed by atoms with Gasteiger partial charge in [-0.2, -0.15) is 0 Å². The lowest BCUT2D eigenvalue weighted by Crippen LogP contribution is -2.39. The van der Waals surface area contributed by atoms with Crippen LogP contribution in [0.5, 0.6) is 5.75 Å². The molecule has 1 fully saturated rings. The average Bonchev–Trinajstić information content (AvgIpc) is 3.45. The van der Waals surface area contributed by atoms with E-state index in [-0.39, 0.29) is 17.2 Å². The molecular formula is C20H21N3O3. The Bertz CT molecular complexity index is 886. The van der Waals surface area contributed by atoms with E-state index in [2.05, 4.69) is 15.6 Å². The average molecular weight is 351 g/mol. The summed E-state index contributed by atoms with van der Waals surface area (Å²) in [7, 11) is 3.23. The van der Waals surface area contributed by atoms with Crippen LogP contribution in [0.3, 0.4) is 0 Å². The van der Waals surface area contributed by atoms with E-state index < -0.39 is 0 Å². The molecular weight excluding hydrogens is 330 g/mol. The highest BCUT2D eigenvalue weighted by Gasteiger charge is 2.49. The van der Waals surface area contributed by atoms with Crippen LogP contribution in [0.4, 0.5) is 0 Å². The van der Waals surface area contributed by atoms with E-state index in [1.807, 2.05) is 18.2 Å². The zero-order valence-corrected chi connectivity index (χ0v) is 14.9. The van der Waals surface area contributed by atoms with Crippen LogP contribution in [0.15, 0.2) is 30.5 Å². The summed E-state index contributed by atoms with van der Waals surface area (Å²) >= 11 is 0. The number of ether oxygens (including phenoxy) is 1. The molecule has 2 amide bonds. The summed E-state index contributed by atoms with van der Waals surface area (Å²) in [6.45, 7) is 0.714. The second-order valence-electron chi connectivity index (χ2n) is 6.98.